The molecule has 2 heterocycles. The second-order valence-corrected chi connectivity index (χ2v) is 6.30. The van der Waals surface area contributed by atoms with Crippen molar-refractivity contribution >= 4 is 11.8 Å². The third-order valence-electron chi connectivity index (χ3n) is 4.82. The summed E-state index contributed by atoms with van der Waals surface area (Å²) in [6, 6.07) is 8.42. The summed E-state index contributed by atoms with van der Waals surface area (Å²) in [5.41, 5.74) is 2.65. The molecule has 0 aromatic heterocycles. The van der Waals surface area contributed by atoms with Gasteiger partial charge in [0.15, 0.2) is 0 Å². The Morgan fingerprint density at radius 2 is 2.00 bits per heavy atom. The van der Waals surface area contributed by atoms with Crippen LogP contribution in [0.15, 0.2) is 24.3 Å². The Balaban J connectivity index is 1.66. The molecule has 0 saturated carbocycles. The molecule has 112 valence electrons. The van der Waals surface area contributed by atoms with Gasteiger partial charge in [-0.1, -0.05) is 24.3 Å². The molecule has 2 amide bonds. The number of aryl methyl sites for hydroxylation is 1. The fraction of sp³-hybridized carbons (Fsp3) is 0.529. The largest absolute Gasteiger partial charge is 0.345 e. The first-order valence-corrected chi connectivity index (χ1v) is 7.64. The van der Waals surface area contributed by atoms with Gasteiger partial charge in [-0.3, -0.25) is 9.59 Å². The van der Waals surface area contributed by atoms with Crippen LogP contribution >= 0.6 is 0 Å². The molecule has 1 aromatic rings. The molecule has 2 saturated heterocycles. The van der Waals surface area contributed by atoms with Crippen LogP contribution in [0.2, 0.25) is 0 Å². The lowest BCUT2D eigenvalue weighted by atomic mass is 9.94. The first-order valence-electron chi connectivity index (χ1n) is 7.64. The average molecular weight is 286 g/mol. The number of benzene rings is 1. The van der Waals surface area contributed by atoms with Crippen LogP contribution in [0.4, 0.5) is 0 Å². The normalized spacial score (nSPS) is 25.7. The lowest BCUT2D eigenvalue weighted by Crippen LogP contribution is -2.35. The van der Waals surface area contributed by atoms with Gasteiger partial charge in [-0.15, -0.1) is 0 Å². The number of hydrogen-bond acceptors (Lipinski definition) is 2. The monoisotopic (exact) mass is 286 g/mol. The van der Waals surface area contributed by atoms with E-state index < -0.39 is 0 Å². The number of amides is 2. The number of carbonyl (C=O) groups is 2. The number of hydrogen-bond donors (Lipinski definition) is 0. The summed E-state index contributed by atoms with van der Waals surface area (Å²) in [4.78, 5) is 27.8. The van der Waals surface area contributed by atoms with E-state index in [2.05, 4.69) is 31.2 Å². The number of nitrogens with zero attached hydrogens (tertiary/aromatic N) is 2. The predicted octanol–water partition coefficient (Wildman–Crippen LogP) is 1.79. The molecule has 4 nitrogen and oxygen atoms in total. The van der Waals surface area contributed by atoms with Gasteiger partial charge in [-0.2, -0.15) is 0 Å². The lowest BCUT2D eigenvalue weighted by molar-refractivity contribution is -0.134. The summed E-state index contributed by atoms with van der Waals surface area (Å²) in [6.07, 6.45) is 1.40. The van der Waals surface area contributed by atoms with Crippen molar-refractivity contribution in [1.29, 1.82) is 0 Å². The molecule has 1 aromatic carbocycles. The molecule has 21 heavy (non-hydrogen) atoms. The molecule has 0 radical (unpaired) electrons. The molecule has 0 aliphatic carbocycles. The van der Waals surface area contributed by atoms with Gasteiger partial charge in [0, 0.05) is 39.0 Å². The van der Waals surface area contributed by atoms with E-state index in [1.165, 1.54) is 11.1 Å². The Kier molecular flexibility index (Phi) is 3.70. The maximum absolute atomic E-state index is 12.5. The van der Waals surface area contributed by atoms with Crippen molar-refractivity contribution in [3.63, 3.8) is 0 Å². The quantitative estimate of drug-likeness (QED) is 0.831. The van der Waals surface area contributed by atoms with Crippen molar-refractivity contribution in [1.82, 2.24) is 9.80 Å². The lowest BCUT2D eigenvalue weighted by Gasteiger charge is -2.20. The standard InChI is InChI=1S/C17H22N2O2/c1-12-5-3-4-6-15(12)13-7-8-19(11-13)17(21)14-9-16(20)18(2)10-14/h3-6,13-14H,7-11H2,1-2H3/t13-,14+/m1/s1. The third kappa shape index (κ3) is 2.67. The average Bonchev–Trinajstić information content (AvgIpc) is 3.07. The highest BCUT2D eigenvalue weighted by Gasteiger charge is 2.37. The smallest absolute Gasteiger partial charge is 0.228 e. The minimum absolute atomic E-state index is 0.0861. The summed E-state index contributed by atoms with van der Waals surface area (Å²) < 4.78 is 0. The van der Waals surface area contributed by atoms with Gasteiger partial charge in [0.1, 0.15) is 0 Å². The number of likely N-dealkylation sites (tertiary alicyclic amines) is 2. The van der Waals surface area contributed by atoms with Crippen molar-refractivity contribution in [2.24, 2.45) is 5.92 Å². The third-order valence-corrected chi connectivity index (χ3v) is 4.82. The molecule has 2 atom stereocenters. The van der Waals surface area contributed by atoms with Gasteiger partial charge < -0.3 is 9.80 Å². The van der Waals surface area contributed by atoms with Gasteiger partial charge in [-0.25, -0.2) is 0 Å². The van der Waals surface area contributed by atoms with Crippen LogP contribution in [0.25, 0.3) is 0 Å². The second kappa shape index (κ2) is 5.51. The van der Waals surface area contributed by atoms with E-state index in [0.29, 0.717) is 18.9 Å². The fourth-order valence-corrected chi connectivity index (χ4v) is 3.55. The number of carbonyl (C=O) groups excluding carboxylic acids is 2. The molecule has 0 unspecified atom stereocenters. The highest BCUT2D eigenvalue weighted by atomic mass is 16.2. The highest BCUT2D eigenvalue weighted by molar-refractivity contribution is 5.89. The van der Waals surface area contributed by atoms with E-state index in [1.807, 2.05) is 4.90 Å². The first kappa shape index (κ1) is 14.1. The Labute approximate surface area is 125 Å². The zero-order valence-corrected chi connectivity index (χ0v) is 12.7. The Morgan fingerprint density at radius 1 is 1.24 bits per heavy atom. The topological polar surface area (TPSA) is 40.6 Å². The molecule has 2 fully saturated rings. The maximum atomic E-state index is 12.5. The zero-order chi connectivity index (χ0) is 15.0. The SMILES string of the molecule is Cc1ccccc1[C@@H]1CCN(C(=O)[C@H]2CC(=O)N(C)C2)C1. The molecule has 0 N–H and O–H groups in total. The predicted molar refractivity (Wildman–Crippen MR) is 80.9 cm³/mol. The highest BCUT2D eigenvalue weighted by Crippen LogP contribution is 2.31. The summed E-state index contributed by atoms with van der Waals surface area (Å²) in [7, 11) is 1.77. The van der Waals surface area contributed by atoms with E-state index in [1.54, 1.807) is 11.9 Å². The van der Waals surface area contributed by atoms with E-state index in [0.717, 1.165) is 19.5 Å². The molecule has 2 aliphatic rings. The zero-order valence-electron chi connectivity index (χ0n) is 12.7. The summed E-state index contributed by atoms with van der Waals surface area (Å²) in [5.74, 6) is 0.537. The van der Waals surface area contributed by atoms with Crippen molar-refractivity contribution in [3.8, 4) is 0 Å². The minimum Gasteiger partial charge on any atom is -0.345 e. The van der Waals surface area contributed by atoms with Crippen molar-refractivity contribution in [2.75, 3.05) is 26.7 Å². The van der Waals surface area contributed by atoms with Gasteiger partial charge in [0.25, 0.3) is 0 Å². The molecule has 4 heteroatoms. The summed E-state index contributed by atoms with van der Waals surface area (Å²) in [6.45, 7) is 4.30. The van der Waals surface area contributed by atoms with Crippen molar-refractivity contribution in [3.05, 3.63) is 35.4 Å². The van der Waals surface area contributed by atoms with Crippen LogP contribution in [-0.2, 0) is 9.59 Å². The van der Waals surface area contributed by atoms with Gasteiger partial charge in [-0.05, 0) is 24.5 Å². The number of rotatable bonds is 2. The first-order chi connectivity index (χ1) is 10.1. The van der Waals surface area contributed by atoms with Gasteiger partial charge in [0.05, 0.1) is 5.92 Å². The van der Waals surface area contributed by atoms with Crippen LogP contribution in [0.1, 0.15) is 29.9 Å². The van der Waals surface area contributed by atoms with E-state index in [9.17, 15) is 9.59 Å². The summed E-state index contributed by atoms with van der Waals surface area (Å²) >= 11 is 0. The van der Waals surface area contributed by atoms with Crippen LogP contribution in [0.3, 0.4) is 0 Å². The van der Waals surface area contributed by atoms with Crippen LogP contribution in [0.5, 0.6) is 0 Å². The van der Waals surface area contributed by atoms with Crippen LogP contribution in [0, 0.1) is 12.8 Å². The Hall–Kier alpha value is -1.84. The van der Waals surface area contributed by atoms with Gasteiger partial charge >= 0.3 is 0 Å². The van der Waals surface area contributed by atoms with Crippen LogP contribution < -0.4 is 0 Å². The molecule has 0 spiro atoms. The fourth-order valence-electron chi connectivity index (χ4n) is 3.55. The molecule has 0 bridgehead atoms. The maximum Gasteiger partial charge on any atom is 0.228 e. The molecular weight excluding hydrogens is 264 g/mol. The van der Waals surface area contributed by atoms with Crippen molar-refractivity contribution < 1.29 is 9.59 Å². The minimum atomic E-state index is -0.141. The van der Waals surface area contributed by atoms with Gasteiger partial charge in [0.2, 0.25) is 11.8 Å². The summed E-state index contributed by atoms with van der Waals surface area (Å²) in [5, 5.41) is 0. The second-order valence-electron chi connectivity index (χ2n) is 6.30. The van der Waals surface area contributed by atoms with Crippen molar-refractivity contribution in [2.45, 2.75) is 25.7 Å². The molecule has 2 aliphatic heterocycles. The van der Waals surface area contributed by atoms with Crippen LogP contribution in [-0.4, -0.2) is 48.3 Å². The Bertz CT molecular complexity index is 570. The van der Waals surface area contributed by atoms with E-state index in [-0.39, 0.29) is 17.7 Å². The molecular formula is C17H22N2O2. The Morgan fingerprint density at radius 3 is 2.67 bits per heavy atom. The van der Waals surface area contributed by atoms with E-state index >= 15 is 0 Å². The van der Waals surface area contributed by atoms with E-state index in [4.69, 9.17) is 0 Å². The molecule has 3 rings (SSSR count).